The second kappa shape index (κ2) is 5.11. The van der Waals surface area contributed by atoms with E-state index in [2.05, 4.69) is 0 Å². The number of rotatable bonds is 4. The quantitative estimate of drug-likeness (QED) is 0.800. The zero-order valence-electron chi connectivity index (χ0n) is 13.6. The second-order valence-corrected chi connectivity index (χ2v) is 7.67. The van der Waals surface area contributed by atoms with Crippen molar-refractivity contribution in [3.63, 3.8) is 0 Å². The molecule has 2 rings (SSSR count). The summed E-state index contributed by atoms with van der Waals surface area (Å²) in [6.07, 6.45) is -2.29. The molecule has 22 heavy (non-hydrogen) atoms. The fourth-order valence-electron chi connectivity index (χ4n) is 3.79. The standard InChI is InChI=1S/C16H25F3O3/c1-5-13(2,3)12(20)22-15(14(4,21)16(17,18)19)9-10-6-7-11(15)8-10/h10-11,21H,5-9H2,1-4H3. The maximum atomic E-state index is 13.4. The second-order valence-electron chi connectivity index (χ2n) is 7.67. The van der Waals surface area contributed by atoms with E-state index < -0.39 is 34.7 Å². The third-order valence-corrected chi connectivity index (χ3v) is 5.88. The first-order valence-corrected chi connectivity index (χ1v) is 7.90. The zero-order valence-corrected chi connectivity index (χ0v) is 13.6. The Morgan fingerprint density at radius 3 is 2.23 bits per heavy atom. The largest absolute Gasteiger partial charge is 0.455 e. The summed E-state index contributed by atoms with van der Waals surface area (Å²) < 4.78 is 45.8. The molecule has 2 aliphatic rings. The number of hydrogen-bond donors (Lipinski definition) is 1. The molecule has 2 aliphatic carbocycles. The molecule has 6 heteroatoms. The Morgan fingerprint density at radius 2 is 1.86 bits per heavy atom. The molecule has 4 atom stereocenters. The molecule has 0 saturated heterocycles. The normalized spacial score (nSPS) is 34.5. The molecule has 0 radical (unpaired) electrons. The van der Waals surface area contributed by atoms with Gasteiger partial charge in [0.05, 0.1) is 5.41 Å². The highest BCUT2D eigenvalue weighted by molar-refractivity contribution is 5.76. The van der Waals surface area contributed by atoms with E-state index >= 15 is 0 Å². The summed E-state index contributed by atoms with van der Waals surface area (Å²) in [6, 6.07) is 0. The van der Waals surface area contributed by atoms with E-state index in [0.717, 1.165) is 13.3 Å². The molecular weight excluding hydrogens is 297 g/mol. The van der Waals surface area contributed by atoms with E-state index in [1.807, 2.05) is 0 Å². The molecule has 0 aliphatic heterocycles. The molecule has 0 amide bonds. The van der Waals surface area contributed by atoms with Crippen LogP contribution in [0.3, 0.4) is 0 Å². The highest BCUT2D eigenvalue weighted by Crippen LogP contribution is 2.60. The van der Waals surface area contributed by atoms with Crippen LogP contribution in [-0.2, 0) is 9.53 Å². The Labute approximate surface area is 129 Å². The van der Waals surface area contributed by atoms with Gasteiger partial charge in [-0.25, -0.2) is 0 Å². The van der Waals surface area contributed by atoms with Gasteiger partial charge in [0.15, 0.2) is 11.2 Å². The monoisotopic (exact) mass is 322 g/mol. The lowest BCUT2D eigenvalue weighted by Gasteiger charge is -2.48. The van der Waals surface area contributed by atoms with Gasteiger partial charge in [0.1, 0.15) is 0 Å². The fraction of sp³-hybridized carbons (Fsp3) is 0.938. The highest BCUT2D eigenvalue weighted by Gasteiger charge is 2.72. The summed E-state index contributed by atoms with van der Waals surface area (Å²) in [5.41, 5.74) is -5.74. The van der Waals surface area contributed by atoms with E-state index in [4.69, 9.17) is 4.74 Å². The van der Waals surface area contributed by atoms with Gasteiger partial charge >= 0.3 is 12.1 Å². The number of carbonyl (C=O) groups excluding carboxylic acids is 1. The summed E-state index contributed by atoms with van der Waals surface area (Å²) in [5.74, 6) is -0.992. The lowest BCUT2D eigenvalue weighted by molar-refractivity contribution is -0.324. The van der Waals surface area contributed by atoms with Crippen molar-refractivity contribution in [3.05, 3.63) is 0 Å². The Morgan fingerprint density at radius 1 is 1.27 bits per heavy atom. The number of carbonyl (C=O) groups is 1. The summed E-state index contributed by atoms with van der Waals surface area (Å²) in [6.45, 7) is 5.84. The number of ether oxygens (including phenoxy) is 1. The van der Waals surface area contributed by atoms with Gasteiger partial charge in [-0.3, -0.25) is 4.79 Å². The van der Waals surface area contributed by atoms with Crippen LogP contribution in [0.1, 0.15) is 59.8 Å². The summed E-state index contributed by atoms with van der Waals surface area (Å²) in [4.78, 5) is 12.4. The summed E-state index contributed by atoms with van der Waals surface area (Å²) >= 11 is 0. The molecule has 0 spiro atoms. The van der Waals surface area contributed by atoms with Crippen molar-refractivity contribution in [2.24, 2.45) is 17.3 Å². The Bertz CT molecular complexity index is 456. The van der Waals surface area contributed by atoms with Gasteiger partial charge in [-0.2, -0.15) is 13.2 Å². The molecular formula is C16H25F3O3. The average Bonchev–Trinajstić information content (AvgIpc) is 2.98. The predicted molar refractivity (Wildman–Crippen MR) is 75.0 cm³/mol. The van der Waals surface area contributed by atoms with Crippen molar-refractivity contribution in [1.29, 1.82) is 0 Å². The van der Waals surface area contributed by atoms with Gasteiger partial charge in [0.25, 0.3) is 0 Å². The van der Waals surface area contributed by atoms with E-state index in [0.29, 0.717) is 19.3 Å². The Kier molecular flexibility index (Phi) is 4.08. The maximum Gasteiger partial charge on any atom is 0.420 e. The minimum Gasteiger partial charge on any atom is -0.455 e. The summed E-state index contributed by atoms with van der Waals surface area (Å²) in [5, 5.41) is 10.3. The molecule has 4 unspecified atom stereocenters. The smallest absolute Gasteiger partial charge is 0.420 e. The molecule has 0 aromatic heterocycles. The highest BCUT2D eigenvalue weighted by atomic mass is 19.4. The average molecular weight is 322 g/mol. The molecule has 1 N–H and O–H groups in total. The number of fused-ring (bicyclic) bond motifs is 2. The van der Waals surface area contributed by atoms with Crippen molar-refractivity contribution in [2.75, 3.05) is 0 Å². The van der Waals surface area contributed by atoms with Crippen LogP contribution in [0.25, 0.3) is 0 Å². The molecule has 128 valence electrons. The lowest BCUT2D eigenvalue weighted by atomic mass is 9.71. The molecule has 2 fully saturated rings. The number of halogens is 3. The first kappa shape index (κ1) is 17.6. The van der Waals surface area contributed by atoms with Crippen molar-refractivity contribution < 1.29 is 27.8 Å². The molecule has 2 bridgehead atoms. The van der Waals surface area contributed by atoms with E-state index in [1.54, 1.807) is 20.8 Å². The first-order chi connectivity index (χ1) is 9.87. The fourth-order valence-corrected chi connectivity index (χ4v) is 3.79. The SMILES string of the molecule is CCC(C)(C)C(=O)OC1(C(C)(O)C(F)(F)F)CC2CCC1C2. The van der Waals surface area contributed by atoms with Gasteiger partial charge in [-0.15, -0.1) is 0 Å². The Balaban J connectivity index is 2.39. The Hall–Kier alpha value is -0.780. The van der Waals surface area contributed by atoms with Crippen LogP contribution in [0.15, 0.2) is 0 Å². The van der Waals surface area contributed by atoms with Crippen molar-refractivity contribution in [3.8, 4) is 0 Å². The minimum absolute atomic E-state index is 0.0930. The van der Waals surface area contributed by atoms with Gasteiger partial charge in [0.2, 0.25) is 0 Å². The van der Waals surface area contributed by atoms with Crippen LogP contribution in [0, 0.1) is 17.3 Å². The van der Waals surface area contributed by atoms with Crippen LogP contribution >= 0.6 is 0 Å². The van der Waals surface area contributed by atoms with Crippen molar-refractivity contribution in [2.45, 2.75) is 77.2 Å². The molecule has 0 aromatic rings. The number of esters is 1. The van der Waals surface area contributed by atoms with E-state index in [1.165, 1.54) is 0 Å². The van der Waals surface area contributed by atoms with Gasteiger partial charge in [-0.1, -0.05) is 6.92 Å². The molecule has 0 aromatic carbocycles. The third kappa shape index (κ3) is 2.43. The third-order valence-electron chi connectivity index (χ3n) is 5.88. The molecule has 0 heterocycles. The molecule has 3 nitrogen and oxygen atoms in total. The number of aliphatic hydroxyl groups is 1. The summed E-state index contributed by atoms with van der Waals surface area (Å²) in [7, 11) is 0. The van der Waals surface area contributed by atoms with Gasteiger partial charge < -0.3 is 9.84 Å². The van der Waals surface area contributed by atoms with Crippen molar-refractivity contribution >= 4 is 5.97 Å². The zero-order chi connectivity index (χ0) is 17.0. The molecule has 2 saturated carbocycles. The topological polar surface area (TPSA) is 46.5 Å². The van der Waals surface area contributed by atoms with Crippen LogP contribution < -0.4 is 0 Å². The van der Waals surface area contributed by atoms with E-state index in [9.17, 15) is 23.1 Å². The van der Waals surface area contributed by atoms with Gasteiger partial charge in [-0.05, 0) is 58.8 Å². The maximum absolute atomic E-state index is 13.4. The van der Waals surface area contributed by atoms with Crippen molar-refractivity contribution in [1.82, 2.24) is 0 Å². The predicted octanol–water partition coefficient (Wildman–Crippen LogP) is 3.84. The first-order valence-electron chi connectivity index (χ1n) is 7.90. The van der Waals surface area contributed by atoms with Crippen LogP contribution in [0.5, 0.6) is 0 Å². The number of hydrogen-bond acceptors (Lipinski definition) is 3. The van der Waals surface area contributed by atoms with Crippen LogP contribution in [0.4, 0.5) is 13.2 Å². The van der Waals surface area contributed by atoms with E-state index in [-0.39, 0.29) is 12.3 Å². The minimum atomic E-state index is -4.84. The number of alkyl halides is 3. The van der Waals surface area contributed by atoms with Crippen LogP contribution in [0.2, 0.25) is 0 Å². The van der Waals surface area contributed by atoms with Gasteiger partial charge in [0, 0.05) is 5.92 Å². The lowest BCUT2D eigenvalue weighted by Crippen LogP contribution is -2.65. The van der Waals surface area contributed by atoms with Crippen LogP contribution in [-0.4, -0.2) is 28.5 Å².